The zero-order chi connectivity index (χ0) is 14.9. The topological polar surface area (TPSA) is 59.1 Å². The molecule has 2 rings (SSSR count). The summed E-state index contributed by atoms with van der Waals surface area (Å²) >= 11 is 8.71. The molecule has 1 heterocycles. The van der Waals surface area contributed by atoms with Gasteiger partial charge in [-0.1, -0.05) is 22.9 Å². The van der Waals surface area contributed by atoms with Gasteiger partial charge in [-0.15, -0.1) is 11.8 Å². The highest BCUT2D eigenvalue weighted by atomic mass is 35.5. The van der Waals surface area contributed by atoms with Crippen molar-refractivity contribution in [2.24, 2.45) is 0 Å². The summed E-state index contributed by atoms with van der Waals surface area (Å²) < 4.78 is 28.2. The van der Waals surface area contributed by atoms with E-state index in [0.29, 0.717) is 15.7 Å². The molecule has 0 atom stereocenters. The third-order valence-electron chi connectivity index (χ3n) is 2.59. The van der Waals surface area contributed by atoms with Crippen LogP contribution in [0.25, 0.3) is 0 Å². The van der Waals surface area contributed by atoms with E-state index < -0.39 is 10.0 Å². The van der Waals surface area contributed by atoms with Crippen LogP contribution < -0.4 is 4.72 Å². The molecule has 0 amide bonds. The van der Waals surface area contributed by atoms with E-state index in [2.05, 4.69) is 9.71 Å². The number of nitrogens with zero attached hydrogens (tertiary/aromatic N) is 1. The largest absolute Gasteiger partial charge is 0.263 e. The summed E-state index contributed by atoms with van der Waals surface area (Å²) in [5, 5.41) is 0.886. The van der Waals surface area contributed by atoms with Crippen molar-refractivity contribution in [1.29, 1.82) is 0 Å². The minimum Gasteiger partial charge on any atom is -0.255 e. The lowest BCUT2D eigenvalue weighted by Crippen LogP contribution is -2.14. The molecule has 8 heteroatoms. The Morgan fingerprint density at radius 2 is 2.05 bits per heavy atom. The Labute approximate surface area is 131 Å². The summed E-state index contributed by atoms with van der Waals surface area (Å²) in [6, 6.07) is 4.68. The molecule has 4 nitrogen and oxygen atoms in total. The summed E-state index contributed by atoms with van der Waals surface area (Å²) in [6.45, 7) is 3.56. The third-order valence-corrected chi connectivity index (χ3v) is 6.73. The maximum absolute atomic E-state index is 12.3. The van der Waals surface area contributed by atoms with E-state index in [4.69, 9.17) is 11.6 Å². The Balaban J connectivity index is 2.35. The van der Waals surface area contributed by atoms with Crippen LogP contribution in [0.4, 0.5) is 5.13 Å². The van der Waals surface area contributed by atoms with Gasteiger partial charge in [0.15, 0.2) is 5.13 Å². The van der Waals surface area contributed by atoms with Crippen molar-refractivity contribution in [3.05, 3.63) is 34.5 Å². The lowest BCUT2D eigenvalue weighted by molar-refractivity contribution is 0.600. The van der Waals surface area contributed by atoms with Crippen LogP contribution in [-0.2, 0) is 10.0 Å². The summed E-state index contributed by atoms with van der Waals surface area (Å²) in [4.78, 5) is 4.43. The predicted octanol–water partition coefficient (Wildman–Crippen LogP) is 3.94. The van der Waals surface area contributed by atoms with Crippen LogP contribution in [0.5, 0.6) is 0 Å². The Morgan fingerprint density at radius 3 is 2.60 bits per heavy atom. The Morgan fingerprint density at radius 1 is 1.35 bits per heavy atom. The van der Waals surface area contributed by atoms with E-state index in [1.54, 1.807) is 30.8 Å². The van der Waals surface area contributed by atoms with Crippen LogP contribution in [0.2, 0.25) is 5.02 Å². The van der Waals surface area contributed by atoms with Gasteiger partial charge in [0.25, 0.3) is 10.0 Å². The number of hydrogen-bond acceptors (Lipinski definition) is 5. The molecule has 0 fully saturated rings. The zero-order valence-electron chi connectivity index (χ0n) is 11.1. The van der Waals surface area contributed by atoms with E-state index in [9.17, 15) is 8.42 Å². The van der Waals surface area contributed by atoms with E-state index in [0.717, 1.165) is 9.90 Å². The first-order chi connectivity index (χ1) is 9.33. The molecular formula is C12H13ClN2O2S3. The second-order valence-corrected chi connectivity index (χ2v) is 8.27. The van der Waals surface area contributed by atoms with Crippen LogP contribution >= 0.6 is 34.7 Å². The smallest absolute Gasteiger partial charge is 0.255 e. The van der Waals surface area contributed by atoms with Gasteiger partial charge in [-0.2, -0.15) is 0 Å². The van der Waals surface area contributed by atoms with Gasteiger partial charge in [0.1, 0.15) is 0 Å². The van der Waals surface area contributed by atoms with Crippen LogP contribution in [0.15, 0.2) is 27.3 Å². The highest BCUT2D eigenvalue weighted by Crippen LogP contribution is 2.32. The van der Waals surface area contributed by atoms with Gasteiger partial charge < -0.3 is 0 Å². The molecule has 20 heavy (non-hydrogen) atoms. The number of hydrogen-bond donors (Lipinski definition) is 1. The minimum absolute atomic E-state index is 0.209. The summed E-state index contributed by atoms with van der Waals surface area (Å²) in [5.74, 6) is 0. The summed E-state index contributed by atoms with van der Waals surface area (Å²) in [7, 11) is -3.64. The lowest BCUT2D eigenvalue weighted by Gasteiger charge is -2.08. The maximum atomic E-state index is 12.3. The number of aryl methyl sites for hydroxylation is 2. The first kappa shape index (κ1) is 15.6. The van der Waals surface area contributed by atoms with E-state index in [-0.39, 0.29) is 4.90 Å². The molecule has 0 aliphatic carbocycles. The normalized spacial score (nSPS) is 11.6. The fourth-order valence-corrected chi connectivity index (χ4v) is 5.00. The number of sulfonamides is 1. The molecule has 0 radical (unpaired) electrons. The Kier molecular flexibility index (Phi) is 4.63. The van der Waals surface area contributed by atoms with E-state index in [1.165, 1.54) is 17.4 Å². The SMILES string of the molecule is CSc1sc(NS(=O)(=O)c2ccc(Cl)cc2C)nc1C. The van der Waals surface area contributed by atoms with Crippen LogP contribution in [0.3, 0.4) is 0 Å². The second-order valence-electron chi connectivity index (χ2n) is 4.11. The van der Waals surface area contributed by atoms with Gasteiger partial charge >= 0.3 is 0 Å². The fraction of sp³-hybridized carbons (Fsp3) is 0.250. The van der Waals surface area contributed by atoms with Crippen LogP contribution in [-0.4, -0.2) is 19.7 Å². The van der Waals surface area contributed by atoms with Gasteiger partial charge in [0.2, 0.25) is 0 Å². The number of rotatable bonds is 4. The van der Waals surface area contributed by atoms with Crippen molar-refractivity contribution in [2.45, 2.75) is 23.0 Å². The maximum Gasteiger partial charge on any atom is 0.263 e. The molecule has 2 aromatic rings. The lowest BCUT2D eigenvalue weighted by atomic mass is 10.2. The van der Waals surface area contributed by atoms with Gasteiger partial charge in [-0.25, -0.2) is 13.4 Å². The second kappa shape index (κ2) is 5.93. The third kappa shape index (κ3) is 3.28. The van der Waals surface area contributed by atoms with Crippen LogP contribution in [0.1, 0.15) is 11.3 Å². The molecule has 0 saturated carbocycles. The number of aromatic nitrogens is 1. The fourth-order valence-electron chi connectivity index (χ4n) is 1.70. The monoisotopic (exact) mass is 348 g/mol. The van der Waals surface area contributed by atoms with E-state index >= 15 is 0 Å². The number of nitrogens with one attached hydrogen (secondary N) is 1. The van der Waals surface area contributed by atoms with Crippen molar-refractivity contribution >= 4 is 49.9 Å². The Bertz CT molecular complexity index is 741. The number of thiazole rings is 1. The molecule has 0 spiro atoms. The standard InChI is InChI=1S/C12H13ClN2O2S3/c1-7-6-9(13)4-5-10(7)20(16,17)15-12-14-8(2)11(18-3)19-12/h4-6H,1-3H3,(H,14,15). The molecule has 1 aromatic carbocycles. The molecular weight excluding hydrogens is 336 g/mol. The average Bonchev–Trinajstić information content (AvgIpc) is 2.67. The Hall–Kier alpha value is -0.760. The van der Waals surface area contributed by atoms with Gasteiger partial charge in [0, 0.05) is 5.02 Å². The highest BCUT2D eigenvalue weighted by molar-refractivity contribution is 8.00. The van der Waals surface area contributed by atoms with Gasteiger partial charge in [-0.3, -0.25) is 4.72 Å². The molecule has 0 aliphatic rings. The first-order valence-electron chi connectivity index (χ1n) is 5.64. The van der Waals surface area contributed by atoms with Crippen molar-refractivity contribution in [3.8, 4) is 0 Å². The molecule has 108 valence electrons. The molecule has 0 saturated heterocycles. The van der Waals surface area contributed by atoms with Crippen LogP contribution in [0, 0.1) is 13.8 Å². The summed E-state index contributed by atoms with van der Waals surface area (Å²) in [5.41, 5.74) is 1.43. The molecule has 1 N–H and O–H groups in total. The zero-order valence-corrected chi connectivity index (χ0v) is 14.3. The number of anilines is 1. The van der Waals surface area contributed by atoms with Crippen molar-refractivity contribution in [1.82, 2.24) is 4.98 Å². The first-order valence-corrected chi connectivity index (χ1v) is 9.54. The quantitative estimate of drug-likeness (QED) is 0.850. The molecule has 0 unspecified atom stereocenters. The molecule has 1 aromatic heterocycles. The van der Waals surface area contributed by atoms with E-state index in [1.807, 2.05) is 13.2 Å². The van der Waals surface area contributed by atoms with Crippen molar-refractivity contribution in [2.75, 3.05) is 11.0 Å². The van der Waals surface area contributed by atoms with Crippen molar-refractivity contribution < 1.29 is 8.42 Å². The summed E-state index contributed by atoms with van der Waals surface area (Å²) in [6.07, 6.45) is 1.93. The number of halogens is 1. The molecule has 0 bridgehead atoms. The van der Waals surface area contributed by atoms with Gasteiger partial charge in [0.05, 0.1) is 14.8 Å². The van der Waals surface area contributed by atoms with Gasteiger partial charge in [-0.05, 0) is 43.9 Å². The highest BCUT2D eigenvalue weighted by Gasteiger charge is 2.19. The average molecular weight is 349 g/mol. The number of benzene rings is 1. The van der Waals surface area contributed by atoms with Crippen molar-refractivity contribution in [3.63, 3.8) is 0 Å². The molecule has 0 aliphatic heterocycles. The minimum atomic E-state index is -3.64. The predicted molar refractivity (Wildman–Crippen MR) is 85.6 cm³/mol. The number of thioether (sulfide) groups is 1.